The fourth-order valence-electron chi connectivity index (χ4n) is 3.29. The highest BCUT2D eigenvalue weighted by molar-refractivity contribution is 6.39. The molecule has 2 aromatic carbocycles. The molecule has 4 amide bonds. The number of hydrogen-bond acceptors (Lipinski definition) is 4. The van der Waals surface area contributed by atoms with Gasteiger partial charge in [-0.15, -0.1) is 0 Å². The van der Waals surface area contributed by atoms with E-state index in [-0.39, 0.29) is 42.9 Å². The number of hydrogen-bond donors (Lipinski definition) is 1. The van der Waals surface area contributed by atoms with Crippen molar-refractivity contribution in [1.82, 2.24) is 9.80 Å². The molecule has 1 aliphatic rings. The molecular formula is C22H21Cl2N3O4. The highest BCUT2D eigenvalue weighted by atomic mass is 35.5. The number of para-hydroxylation sites is 1. The third-order valence-corrected chi connectivity index (χ3v) is 5.56. The maximum atomic E-state index is 12.5. The molecule has 9 heteroatoms. The van der Waals surface area contributed by atoms with Crippen molar-refractivity contribution >= 4 is 52.5 Å². The number of halogens is 2. The van der Waals surface area contributed by atoms with Crippen LogP contribution < -0.4 is 5.32 Å². The van der Waals surface area contributed by atoms with Crippen LogP contribution in [-0.4, -0.2) is 53.6 Å². The van der Waals surface area contributed by atoms with Crippen molar-refractivity contribution < 1.29 is 19.2 Å². The summed E-state index contributed by atoms with van der Waals surface area (Å²) >= 11 is 12.1. The number of nitrogens with one attached hydrogen (secondary N) is 1. The Bertz CT molecular complexity index is 1050. The van der Waals surface area contributed by atoms with E-state index in [4.69, 9.17) is 23.2 Å². The van der Waals surface area contributed by atoms with E-state index in [0.29, 0.717) is 27.6 Å². The normalized spacial score (nSPS) is 12.7. The number of carbonyl (C=O) groups excluding carboxylic acids is 4. The molecule has 3 rings (SSSR count). The molecule has 0 aromatic heterocycles. The summed E-state index contributed by atoms with van der Waals surface area (Å²) in [6, 6.07) is 9.97. The molecule has 7 nitrogen and oxygen atoms in total. The van der Waals surface area contributed by atoms with Gasteiger partial charge < -0.3 is 10.2 Å². The lowest BCUT2D eigenvalue weighted by atomic mass is 10.1. The minimum absolute atomic E-state index is 0.0864. The molecule has 0 atom stereocenters. The Morgan fingerprint density at radius 1 is 1.03 bits per heavy atom. The third kappa shape index (κ3) is 5.06. The number of nitrogens with zero attached hydrogens (tertiary/aromatic N) is 2. The van der Waals surface area contributed by atoms with E-state index in [0.717, 1.165) is 10.5 Å². The van der Waals surface area contributed by atoms with Crippen LogP contribution in [0, 0.1) is 6.92 Å². The van der Waals surface area contributed by atoms with E-state index < -0.39 is 5.91 Å². The van der Waals surface area contributed by atoms with Gasteiger partial charge in [0.15, 0.2) is 0 Å². The van der Waals surface area contributed by atoms with Gasteiger partial charge in [-0.25, -0.2) is 0 Å². The van der Waals surface area contributed by atoms with Gasteiger partial charge >= 0.3 is 0 Å². The molecule has 1 heterocycles. The topological polar surface area (TPSA) is 86.8 Å². The van der Waals surface area contributed by atoms with Gasteiger partial charge in [0.1, 0.15) is 0 Å². The fraction of sp³-hybridized carbons (Fsp3) is 0.273. The van der Waals surface area contributed by atoms with Gasteiger partial charge in [-0.05, 0) is 37.6 Å². The molecule has 0 unspecified atom stereocenters. The SMILES string of the molecule is Cc1ccc2c(c1)C(=O)N(CCCC(=O)N(C)CC(=O)Nc1c(Cl)cccc1Cl)C2=O. The molecule has 0 bridgehead atoms. The molecule has 0 aliphatic carbocycles. The number of carbonyl (C=O) groups is 4. The van der Waals surface area contributed by atoms with E-state index in [2.05, 4.69) is 5.32 Å². The smallest absolute Gasteiger partial charge is 0.261 e. The van der Waals surface area contributed by atoms with Crippen molar-refractivity contribution in [2.24, 2.45) is 0 Å². The predicted octanol–water partition coefficient (Wildman–Crippen LogP) is 3.78. The summed E-state index contributed by atoms with van der Waals surface area (Å²) < 4.78 is 0. The maximum Gasteiger partial charge on any atom is 0.261 e. The Kier molecular flexibility index (Phi) is 6.97. The molecule has 0 saturated carbocycles. The van der Waals surface area contributed by atoms with Crippen molar-refractivity contribution in [1.29, 1.82) is 0 Å². The van der Waals surface area contributed by atoms with Crippen LogP contribution in [0.5, 0.6) is 0 Å². The van der Waals surface area contributed by atoms with E-state index in [9.17, 15) is 19.2 Å². The van der Waals surface area contributed by atoms with Gasteiger partial charge in [-0.3, -0.25) is 24.1 Å². The first-order chi connectivity index (χ1) is 14.7. The largest absolute Gasteiger partial charge is 0.336 e. The standard InChI is InChI=1S/C22H21Cl2N3O4/c1-13-8-9-14-15(11-13)22(31)27(21(14)30)10-4-7-19(29)26(2)12-18(28)25-20-16(23)5-3-6-17(20)24/h3,5-6,8-9,11H,4,7,10,12H2,1-2H3,(H,25,28). The molecule has 2 aromatic rings. The summed E-state index contributed by atoms with van der Waals surface area (Å²) in [5, 5.41) is 3.19. The molecular weight excluding hydrogens is 441 g/mol. The number of rotatable bonds is 7. The number of aryl methyl sites for hydroxylation is 1. The van der Waals surface area contributed by atoms with Crippen LogP contribution in [0.1, 0.15) is 39.1 Å². The van der Waals surface area contributed by atoms with Crippen molar-refractivity contribution in [3.05, 3.63) is 63.1 Å². The van der Waals surface area contributed by atoms with Gasteiger partial charge in [-0.2, -0.15) is 0 Å². The van der Waals surface area contributed by atoms with Crippen molar-refractivity contribution in [2.45, 2.75) is 19.8 Å². The molecule has 162 valence electrons. The number of amides is 4. The average Bonchev–Trinajstić information content (AvgIpc) is 2.94. The highest BCUT2D eigenvalue weighted by Gasteiger charge is 2.35. The summed E-state index contributed by atoms with van der Waals surface area (Å²) in [6.45, 7) is 1.80. The average molecular weight is 462 g/mol. The zero-order chi connectivity index (χ0) is 22.7. The van der Waals surface area contributed by atoms with E-state index in [1.807, 2.05) is 6.92 Å². The first-order valence-corrected chi connectivity index (χ1v) is 10.4. The minimum Gasteiger partial charge on any atom is -0.336 e. The van der Waals surface area contributed by atoms with Crippen LogP contribution in [0.4, 0.5) is 5.69 Å². The maximum absolute atomic E-state index is 12.5. The summed E-state index contributed by atoms with van der Waals surface area (Å²) in [6.07, 6.45) is 0.384. The first kappa shape index (κ1) is 22.8. The summed E-state index contributed by atoms with van der Waals surface area (Å²) in [5.41, 5.74) is 1.96. The molecule has 31 heavy (non-hydrogen) atoms. The second-order valence-electron chi connectivity index (χ2n) is 7.31. The molecule has 0 saturated heterocycles. The zero-order valence-corrected chi connectivity index (χ0v) is 18.6. The van der Waals surface area contributed by atoms with E-state index in [1.165, 1.54) is 11.9 Å². The van der Waals surface area contributed by atoms with Crippen LogP contribution in [0.15, 0.2) is 36.4 Å². The Morgan fingerprint density at radius 2 is 1.68 bits per heavy atom. The number of likely N-dealkylation sites (N-methyl/N-ethyl adjacent to an activating group) is 1. The second kappa shape index (κ2) is 9.49. The fourth-order valence-corrected chi connectivity index (χ4v) is 3.78. The molecule has 1 N–H and O–H groups in total. The van der Waals surface area contributed by atoms with Gasteiger partial charge in [0.05, 0.1) is 33.4 Å². The Balaban J connectivity index is 1.49. The molecule has 0 spiro atoms. The monoisotopic (exact) mass is 461 g/mol. The zero-order valence-electron chi connectivity index (χ0n) is 17.1. The van der Waals surface area contributed by atoms with Crippen LogP contribution in [-0.2, 0) is 9.59 Å². The molecule has 0 fully saturated rings. The minimum atomic E-state index is -0.443. The predicted molar refractivity (Wildman–Crippen MR) is 119 cm³/mol. The number of fused-ring (bicyclic) bond motifs is 1. The van der Waals surface area contributed by atoms with Gasteiger partial charge in [0, 0.05) is 20.0 Å². The van der Waals surface area contributed by atoms with Crippen molar-refractivity contribution in [3.8, 4) is 0 Å². The van der Waals surface area contributed by atoms with Gasteiger partial charge in [0.2, 0.25) is 11.8 Å². The molecule has 0 radical (unpaired) electrons. The molecule has 1 aliphatic heterocycles. The lowest BCUT2D eigenvalue weighted by molar-refractivity contribution is -0.133. The quantitative estimate of drug-likeness (QED) is 0.635. The second-order valence-corrected chi connectivity index (χ2v) is 8.12. The van der Waals surface area contributed by atoms with Gasteiger partial charge in [0.25, 0.3) is 11.8 Å². The van der Waals surface area contributed by atoms with Crippen LogP contribution in [0.25, 0.3) is 0 Å². The summed E-state index contributed by atoms with van der Waals surface area (Å²) in [7, 11) is 1.50. The number of imide groups is 1. The van der Waals surface area contributed by atoms with E-state index >= 15 is 0 Å². The van der Waals surface area contributed by atoms with Crippen molar-refractivity contribution in [2.75, 3.05) is 25.5 Å². The number of anilines is 1. The van der Waals surface area contributed by atoms with Crippen LogP contribution >= 0.6 is 23.2 Å². The first-order valence-electron chi connectivity index (χ1n) is 9.63. The third-order valence-electron chi connectivity index (χ3n) is 4.93. The van der Waals surface area contributed by atoms with Crippen molar-refractivity contribution in [3.63, 3.8) is 0 Å². The number of benzene rings is 2. The lowest BCUT2D eigenvalue weighted by Gasteiger charge is -2.18. The Morgan fingerprint density at radius 3 is 2.35 bits per heavy atom. The van der Waals surface area contributed by atoms with Gasteiger partial charge in [-0.1, -0.05) is 40.9 Å². The van der Waals surface area contributed by atoms with Crippen LogP contribution in [0.2, 0.25) is 10.0 Å². The lowest BCUT2D eigenvalue weighted by Crippen LogP contribution is -2.36. The highest BCUT2D eigenvalue weighted by Crippen LogP contribution is 2.29. The van der Waals surface area contributed by atoms with E-state index in [1.54, 1.807) is 36.4 Å². The summed E-state index contributed by atoms with van der Waals surface area (Å²) in [5.74, 6) is -1.42. The summed E-state index contributed by atoms with van der Waals surface area (Å²) in [4.78, 5) is 51.9. The Hall–Kier alpha value is -2.90. The van der Waals surface area contributed by atoms with Crippen LogP contribution in [0.3, 0.4) is 0 Å². The Labute approximate surface area is 189 Å².